The first-order chi connectivity index (χ1) is 6.71. The molecule has 0 fully saturated rings. The Bertz CT molecular complexity index is 274. The average molecular weight is 250 g/mol. The van der Waals surface area contributed by atoms with Crippen molar-refractivity contribution in [1.82, 2.24) is 0 Å². The standard InChI is InChI=1S/C8H14F4O2S/c1-2-3-4-5-15(13,14)6-8(11,12)7(9)10/h7H,2-6H2,1H3. The van der Waals surface area contributed by atoms with E-state index in [1.165, 1.54) is 0 Å². The molecule has 0 aliphatic carbocycles. The van der Waals surface area contributed by atoms with Crippen LogP contribution in [0.2, 0.25) is 0 Å². The maximum Gasteiger partial charge on any atom is 0.321 e. The number of halogens is 4. The van der Waals surface area contributed by atoms with Gasteiger partial charge in [0.05, 0.1) is 5.75 Å². The summed E-state index contributed by atoms with van der Waals surface area (Å²) >= 11 is 0. The van der Waals surface area contributed by atoms with E-state index in [-0.39, 0.29) is 6.42 Å². The van der Waals surface area contributed by atoms with Crippen molar-refractivity contribution in [2.75, 3.05) is 11.5 Å². The van der Waals surface area contributed by atoms with Crippen molar-refractivity contribution in [3.05, 3.63) is 0 Å². The maximum absolute atomic E-state index is 12.4. The summed E-state index contributed by atoms with van der Waals surface area (Å²) in [4.78, 5) is 0. The zero-order valence-corrected chi connectivity index (χ0v) is 9.17. The third-order valence-electron chi connectivity index (χ3n) is 1.79. The van der Waals surface area contributed by atoms with E-state index < -0.39 is 33.7 Å². The van der Waals surface area contributed by atoms with Gasteiger partial charge >= 0.3 is 12.3 Å². The van der Waals surface area contributed by atoms with Crippen molar-refractivity contribution >= 4 is 9.84 Å². The minimum atomic E-state index is -4.44. The van der Waals surface area contributed by atoms with Crippen LogP contribution in [-0.4, -0.2) is 32.3 Å². The molecule has 0 saturated heterocycles. The van der Waals surface area contributed by atoms with Gasteiger partial charge in [-0.1, -0.05) is 19.8 Å². The highest BCUT2D eigenvalue weighted by Crippen LogP contribution is 2.25. The molecule has 15 heavy (non-hydrogen) atoms. The van der Waals surface area contributed by atoms with Gasteiger partial charge in [0.25, 0.3) is 0 Å². The van der Waals surface area contributed by atoms with Gasteiger partial charge in [-0.15, -0.1) is 0 Å². The molecule has 0 heterocycles. The Hall–Kier alpha value is -0.330. The Morgan fingerprint density at radius 2 is 1.73 bits per heavy atom. The molecule has 2 nitrogen and oxygen atoms in total. The van der Waals surface area contributed by atoms with E-state index in [0.717, 1.165) is 6.42 Å². The van der Waals surface area contributed by atoms with Gasteiger partial charge in [0.2, 0.25) is 0 Å². The van der Waals surface area contributed by atoms with Gasteiger partial charge in [0.15, 0.2) is 9.84 Å². The molecule has 0 rings (SSSR count). The number of alkyl halides is 4. The van der Waals surface area contributed by atoms with Crippen molar-refractivity contribution in [3.8, 4) is 0 Å². The van der Waals surface area contributed by atoms with E-state index in [0.29, 0.717) is 6.42 Å². The predicted octanol–water partition coefficient (Wildman–Crippen LogP) is 2.49. The molecule has 0 spiro atoms. The van der Waals surface area contributed by atoms with Crippen LogP contribution in [0.3, 0.4) is 0 Å². The molecule has 0 radical (unpaired) electrons. The maximum atomic E-state index is 12.4. The molecule has 0 atom stereocenters. The van der Waals surface area contributed by atoms with Crippen molar-refractivity contribution in [2.24, 2.45) is 0 Å². The third-order valence-corrected chi connectivity index (χ3v) is 3.53. The summed E-state index contributed by atoms with van der Waals surface area (Å²) in [6.45, 7) is 1.82. The van der Waals surface area contributed by atoms with Crippen LogP contribution in [0.4, 0.5) is 17.6 Å². The largest absolute Gasteiger partial charge is 0.321 e. The lowest BCUT2D eigenvalue weighted by atomic mass is 10.3. The molecule has 7 heteroatoms. The normalized spacial score (nSPS) is 13.5. The van der Waals surface area contributed by atoms with Gasteiger partial charge in [-0.25, -0.2) is 17.2 Å². The summed E-state index contributed by atoms with van der Waals surface area (Å²) in [6, 6.07) is 0. The van der Waals surface area contributed by atoms with Gasteiger partial charge in [-0.05, 0) is 6.42 Å². The number of hydrogen-bond acceptors (Lipinski definition) is 2. The molecular formula is C8H14F4O2S. The fourth-order valence-corrected chi connectivity index (χ4v) is 2.50. The van der Waals surface area contributed by atoms with E-state index in [4.69, 9.17) is 0 Å². The second-order valence-electron chi connectivity index (χ2n) is 3.36. The molecule has 0 N–H and O–H groups in total. The van der Waals surface area contributed by atoms with E-state index in [9.17, 15) is 26.0 Å². The van der Waals surface area contributed by atoms with Crippen LogP contribution >= 0.6 is 0 Å². The summed E-state index contributed by atoms with van der Waals surface area (Å²) in [5, 5.41) is 0. The quantitative estimate of drug-likeness (QED) is 0.514. The smallest absolute Gasteiger partial charge is 0.229 e. The van der Waals surface area contributed by atoms with Crippen molar-refractivity contribution in [3.63, 3.8) is 0 Å². The third kappa shape index (κ3) is 5.96. The number of rotatable bonds is 7. The lowest BCUT2D eigenvalue weighted by molar-refractivity contribution is -0.110. The SMILES string of the molecule is CCCCCS(=O)(=O)CC(F)(F)C(F)F. The van der Waals surface area contributed by atoms with Gasteiger partial charge in [0, 0.05) is 0 Å². The highest BCUT2D eigenvalue weighted by Gasteiger charge is 2.44. The van der Waals surface area contributed by atoms with Crippen LogP contribution in [0, 0.1) is 0 Å². The van der Waals surface area contributed by atoms with E-state index >= 15 is 0 Å². The summed E-state index contributed by atoms with van der Waals surface area (Å²) in [6.07, 6.45) is -2.38. The summed E-state index contributed by atoms with van der Waals surface area (Å²) in [7, 11) is -4.09. The van der Waals surface area contributed by atoms with Crippen LogP contribution in [0.5, 0.6) is 0 Å². The van der Waals surface area contributed by atoms with Crippen molar-refractivity contribution in [2.45, 2.75) is 38.5 Å². The van der Waals surface area contributed by atoms with E-state index in [2.05, 4.69) is 0 Å². The second kappa shape index (κ2) is 5.67. The molecular weight excluding hydrogens is 236 g/mol. The molecule has 0 bridgehead atoms. The van der Waals surface area contributed by atoms with E-state index in [1.807, 2.05) is 6.92 Å². The highest BCUT2D eigenvalue weighted by molar-refractivity contribution is 7.91. The van der Waals surface area contributed by atoms with E-state index in [1.54, 1.807) is 0 Å². The zero-order chi connectivity index (χ0) is 12.1. The Morgan fingerprint density at radius 1 is 1.20 bits per heavy atom. The predicted molar refractivity (Wildman–Crippen MR) is 49.1 cm³/mol. The Balaban J connectivity index is 4.26. The minimum Gasteiger partial charge on any atom is -0.229 e. The van der Waals surface area contributed by atoms with Crippen molar-refractivity contribution < 1.29 is 26.0 Å². The summed E-state index contributed by atoms with van der Waals surface area (Å²) < 4.78 is 70.3. The fraction of sp³-hybridized carbons (Fsp3) is 1.00. The first kappa shape index (κ1) is 14.7. The number of unbranched alkanes of at least 4 members (excludes halogenated alkanes) is 2. The topological polar surface area (TPSA) is 34.1 Å². The molecule has 0 aromatic heterocycles. The average Bonchev–Trinajstić information content (AvgIpc) is 2.01. The highest BCUT2D eigenvalue weighted by atomic mass is 32.2. The Kier molecular flexibility index (Phi) is 5.55. The van der Waals surface area contributed by atoms with Gasteiger partial charge in [-0.2, -0.15) is 8.78 Å². The monoisotopic (exact) mass is 250 g/mol. The minimum absolute atomic E-state index is 0.234. The number of hydrogen-bond donors (Lipinski definition) is 0. The molecule has 0 aliphatic rings. The first-order valence-corrected chi connectivity index (χ1v) is 6.40. The van der Waals surface area contributed by atoms with Crippen LogP contribution in [0.25, 0.3) is 0 Å². The van der Waals surface area contributed by atoms with Gasteiger partial charge in [-0.3, -0.25) is 0 Å². The van der Waals surface area contributed by atoms with Crippen LogP contribution < -0.4 is 0 Å². The van der Waals surface area contributed by atoms with Crippen LogP contribution in [0.15, 0.2) is 0 Å². The van der Waals surface area contributed by atoms with Gasteiger partial charge in [0.1, 0.15) is 5.75 Å². The summed E-state index contributed by atoms with van der Waals surface area (Å²) in [5.41, 5.74) is 0. The molecule has 0 aromatic carbocycles. The molecule has 0 amide bonds. The molecule has 0 saturated carbocycles. The number of sulfone groups is 1. The van der Waals surface area contributed by atoms with Crippen LogP contribution in [-0.2, 0) is 9.84 Å². The second-order valence-corrected chi connectivity index (χ2v) is 5.54. The first-order valence-electron chi connectivity index (χ1n) is 4.57. The lowest BCUT2D eigenvalue weighted by Crippen LogP contribution is -2.36. The molecule has 0 unspecified atom stereocenters. The van der Waals surface area contributed by atoms with Crippen LogP contribution in [0.1, 0.15) is 26.2 Å². The van der Waals surface area contributed by atoms with Gasteiger partial charge < -0.3 is 0 Å². The summed E-state index contributed by atoms with van der Waals surface area (Å²) in [5.74, 6) is -6.66. The molecule has 0 aliphatic heterocycles. The lowest BCUT2D eigenvalue weighted by Gasteiger charge is -2.14. The van der Waals surface area contributed by atoms with Crippen molar-refractivity contribution in [1.29, 1.82) is 0 Å². The Labute approximate surface area is 86.6 Å². The molecule has 0 aromatic rings. The Morgan fingerprint density at radius 3 is 2.13 bits per heavy atom. The molecule has 92 valence electrons. The zero-order valence-electron chi connectivity index (χ0n) is 8.35. The fourth-order valence-electron chi connectivity index (χ4n) is 1.00.